The Morgan fingerprint density at radius 1 is 1.05 bits per heavy atom. The molecular formula is C16H10F3NO2. The number of carboxylic acid groups (broad SMARTS) is 1. The Balaban J connectivity index is 2.13. The average molecular weight is 305 g/mol. The summed E-state index contributed by atoms with van der Waals surface area (Å²) in [6.07, 6.45) is -2.79. The molecule has 0 aliphatic carbocycles. The van der Waals surface area contributed by atoms with Gasteiger partial charge in [0.15, 0.2) is 0 Å². The van der Waals surface area contributed by atoms with Crippen LogP contribution in [0.5, 0.6) is 0 Å². The number of alkyl halides is 3. The second kappa shape index (κ2) is 4.91. The lowest BCUT2D eigenvalue weighted by atomic mass is 10.1. The van der Waals surface area contributed by atoms with E-state index in [1.165, 1.54) is 18.2 Å². The number of hydrogen-bond acceptors (Lipinski definition) is 1. The number of fused-ring (bicyclic) bond motifs is 1. The van der Waals surface area contributed by atoms with Crippen molar-refractivity contribution in [1.29, 1.82) is 0 Å². The van der Waals surface area contributed by atoms with Gasteiger partial charge in [0.25, 0.3) is 0 Å². The molecule has 0 fully saturated rings. The van der Waals surface area contributed by atoms with E-state index in [1.807, 2.05) is 0 Å². The van der Waals surface area contributed by atoms with Crippen molar-refractivity contribution < 1.29 is 23.1 Å². The van der Waals surface area contributed by atoms with E-state index < -0.39 is 17.7 Å². The molecule has 0 aliphatic rings. The predicted octanol–water partition coefficient (Wildman–Crippen LogP) is 4.35. The number of rotatable bonds is 2. The number of aromatic nitrogens is 1. The highest BCUT2D eigenvalue weighted by Gasteiger charge is 2.30. The van der Waals surface area contributed by atoms with Crippen LogP contribution in [-0.4, -0.2) is 15.6 Å². The molecule has 0 unspecified atom stereocenters. The van der Waals surface area contributed by atoms with Gasteiger partial charge in [-0.15, -0.1) is 0 Å². The van der Waals surface area contributed by atoms with Crippen molar-refractivity contribution in [2.45, 2.75) is 6.18 Å². The Bertz CT molecular complexity index is 865. The van der Waals surface area contributed by atoms with Gasteiger partial charge < -0.3 is 9.67 Å². The summed E-state index contributed by atoms with van der Waals surface area (Å²) in [5, 5.41) is 9.61. The molecule has 0 saturated heterocycles. The summed E-state index contributed by atoms with van der Waals surface area (Å²) >= 11 is 0. The van der Waals surface area contributed by atoms with Gasteiger partial charge in [0.2, 0.25) is 0 Å². The molecule has 0 aliphatic heterocycles. The summed E-state index contributed by atoms with van der Waals surface area (Å²) in [7, 11) is 0. The summed E-state index contributed by atoms with van der Waals surface area (Å²) in [6.45, 7) is 0. The van der Waals surface area contributed by atoms with Gasteiger partial charge in [-0.05, 0) is 42.5 Å². The molecule has 0 atom stereocenters. The molecule has 3 aromatic rings. The number of benzene rings is 2. The van der Waals surface area contributed by atoms with Crippen molar-refractivity contribution in [3.8, 4) is 5.69 Å². The second-order valence-corrected chi connectivity index (χ2v) is 4.81. The molecule has 112 valence electrons. The molecule has 1 aromatic heterocycles. The minimum Gasteiger partial charge on any atom is -0.478 e. The number of carbonyl (C=O) groups is 1. The van der Waals surface area contributed by atoms with E-state index in [-0.39, 0.29) is 5.56 Å². The maximum Gasteiger partial charge on any atom is 0.416 e. The van der Waals surface area contributed by atoms with Crippen molar-refractivity contribution in [3.63, 3.8) is 0 Å². The molecule has 0 saturated carbocycles. The minimum atomic E-state index is -4.41. The van der Waals surface area contributed by atoms with Gasteiger partial charge in [-0.3, -0.25) is 0 Å². The molecule has 1 heterocycles. The van der Waals surface area contributed by atoms with Crippen LogP contribution < -0.4 is 0 Å². The fourth-order valence-electron chi connectivity index (χ4n) is 2.33. The van der Waals surface area contributed by atoms with Crippen molar-refractivity contribution in [2.24, 2.45) is 0 Å². The van der Waals surface area contributed by atoms with Crippen LogP contribution in [0.15, 0.2) is 54.7 Å². The molecule has 3 rings (SSSR count). The Labute approximate surface area is 123 Å². The van der Waals surface area contributed by atoms with Crippen LogP contribution in [0.3, 0.4) is 0 Å². The van der Waals surface area contributed by atoms with Gasteiger partial charge in [-0.25, -0.2) is 4.79 Å². The molecule has 0 amide bonds. The van der Waals surface area contributed by atoms with Crippen molar-refractivity contribution >= 4 is 16.9 Å². The van der Waals surface area contributed by atoms with Crippen LogP contribution in [0, 0.1) is 0 Å². The first-order valence-corrected chi connectivity index (χ1v) is 6.38. The van der Waals surface area contributed by atoms with Gasteiger partial charge in [0, 0.05) is 17.3 Å². The Hall–Kier alpha value is -2.76. The van der Waals surface area contributed by atoms with E-state index in [1.54, 1.807) is 29.0 Å². The second-order valence-electron chi connectivity index (χ2n) is 4.81. The maximum atomic E-state index is 12.8. The van der Waals surface area contributed by atoms with Gasteiger partial charge >= 0.3 is 12.1 Å². The van der Waals surface area contributed by atoms with Gasteiger partial charge in [-0.1, -0.05) is 6.07 Å². The summed E-state index contributed by atoms with van der Waals surface area (Å²) in [5.41, 5.74) is 0.417. The first kappa shape index (κ1) is 14.2. The summed E-state index contributed by atoms with van der Waals surface area (Å²) in [6, 6.07) is 11.1. The molecule has 3 nitrogen and oxygen atoms in total. The van der Waals surface area contributed by atoms with Crippen molar-refractivity contribution in [3.05, 3.63) is 65.9 Å². The quantitative estimate of drug-likeness (QED) is 0.765. The van der Waals surface area contributed by atoms with E-state index >= 15 is 0 Å². The van der Waals surface area contributed by atoms with E-state index in [9.17, 15) is 18.0 Å². The number of aromatic carboxylic acids is 1. The molecule has 1 N–H and O–H groups in total. The summed E-state index contributed by atoms with van der Waals surface area (Å²) < 4.78 is 40.0. The third-order valence-corrected chi connectivity index (χ3v) is 3.39. The highest BCUT2D eigenvalue weighted by molar-refractivity contribution is 5.94. The zero-order chi connectivity index (χ0) is 15.9. The number of halogens is 3. The molecule has 0 radical (unpaired) electrons. The third kappa shape index (κ3) is 2.43. The normalized spacial score (nSPS) is 11.8. The average Bonchev–Trinajstić information content (AvgIpc) is 2.89. The highest BCUT2D eigenvalue weighted by atomic mass is 19.4. The lowest BCUT2D eigenvalue weighted by Crippen LogP contribution is -2.05. The topological polar surface area (TPSA) is 42.2 Å². The van der Waals surface area contributed by atoms with Crippen LogP contribution >= 0.6 is 0 Å². The van der Waals surface area contributed by atoms with Crippen molar-refractivity contribution in [1.82, 2.24) is 4.57 Å². The monoisotopic (exact) mass is 305 g/mol. The fraction of sp³-hybridized carbons (Fsp3) is 0.0625. The van der Waals surface area contributed by atoms with Crippen LogP contribution in [0.1, 0.15) is 15.9 Å². The summed E-state index contributed by atoms with van der Waals surface area (Å²) in [4.78, 5) is 10.9. The smallest absolute Gasteiger partial charge is 0.416 e. The fourth-order valence-corrected chi connectivity index (χ4v) is 2.33. The molecule has 2 aromatic carbocycles. The Kier molecular flexibility index (Phi) is 3.16. The zero-order valence-electron chi connectivity index (χ0n) is 11.1. The van der Waals surface area contributed by atoms with Crippen LogP contribution in [0.2, 0.25) is 0 Å². The molecule has 0 bridgehead atoms. The largest absolute Gasteiger partial charge is 0.478 e. The SMILES string of the molecule is O=C(O)c1ccc2c(ccn2-c2cccc(C(F)(F)F)c2)c1. The maximum absolute atomic E-state index is 12.8. The Morgan fingerprint density at radius 2 is 1.82 bits per heavy atom. The Morgan fingerprint density at radius 3 is 2.50 bits per heavy atom. The lowest BCUT2D eigenvalue weighted by molar-refractivity contribution is -0.137. The van der Waals surface area contributed by atoms with Gasteiger partial charge in [0.1, 0.15) is 0 Å². The summed E-state index contributed by atoms with van der Waals surface area (Å²) in [5.74, 6) is -1.05. The van der Waals surface area contributed by atoms with E-state index in [0.717, 1.165) is 12.1 Å². The van der Waals surface area contributed by atoms with E-state index in [0.29, 0.717) is 16.6 Å². The van der Waals surface area contributed by atoms with Gasteiger partial charge in [0.05, 0.1) is 16.6 Å². The van der Waals surface area contributed by atoms with Gasteiger partial charge in [-0.2, -0.15) is 13.2 Å². The van der Waals surface area contributed by atoms with Crippen LogP contribution in [0.4, 0.5) is 13.2 Å². The number of nitrogens with zero attached hydrogens (tertiary/aromatic N) is 1. The molecular weight excluding hydrogens is 295 g/mol. The van der Waals surface area contributed by atoms with E-state index in [4.69, 9.17) is 5.11 Å². The van der Waals surface area contributed by atoms with E-state index in [2.05, 4.69) is 0 Å². The first-order chi connectivity index (χ1) is 10.4. The van der Waals surface area contributed by atoms with Crippen LogP contribution in [-0.2, 0) is 6.18 Å². The lowest BCUT2D eigenvalue weighted by Gasteiger charge is -2.10. The highest BCUT2D eigenvalue weighted by Crippen LogP contribution is 2.31. The molecule has 0 spiro atoms. The van der Waals surface area contributed by atoms with Crippen LogP contribution in [0.25, 0.3) is 16.6 Å². The molecule has 6 heteroatoms. The minimum absolute atomic E-state index is 0.134. The molecule has 22 heavy (non-hydrogen) atoms. The predicted molar refractivity (Wildman–Crippen MR) is 75.2 cm³/mol. The van der Waals surface area contributed by atoms with Crippen molar-refractivity contribution in [2.75, 3.05) is 0 Å². The zero-order valence-corrected chi connectivity index (χ0v) is 11.1. The first-order valence-electron chi connectivity index (χ1n) is 6.38. The number of hydrogen-bond donors (Lipinski definition) is 1. The standard InChI is InChI=1S/C16H10F3NO2/c17-16(18,19)12-2-1-3-13(9-12)20-7-6-10-8-11(15(21)22)4-5-14(10)20/h1-9H,(H,21,22). The number of carboxylic acids is 1. The third-order valence-electron chi connectivity index (χ3n) is 3.39.